The first kappa shape index (κ1) is 14.4. The first-order valence-corrected chi connectivity index (χ1v) is 7.44. The number of methoxy groups -OCH3 is 1. The second kappa shape index (κ2) is 5.95. The second-order valence-electron chi connectivity index (χ2n) is 5.38. The fraction of sp³-hybridized carbons (Fsp3) is 0.533. The Kier molecular flexibility index (Phi) is 4.50. The quantitative estimate of drug-likeness (QED) is 0.870. The van der Waals surface area contributed by atoms with E-state index in [1.807, 2.05) is 12.1 Å². The number of hydrogen-bond donors (Lipinski definition) is 1. The molecule has 4 heteroatoms. The third-order valence-electron chi connectivity index (χ3n) is 4.02. The lowest BCUT2D eigenvalue weighted by molar-refractivity contribution is -0.118. The average Bonchev–Trinajstić information content (AvgIpc) is 3.16. The molecule has 19 heavy (non-hydrogen) atoms. The lowest BCUT2D eigenvalue weighted by Crippen LogP contribution is -2.12. The van der Waals surface area contributed by atoms with Crippen molar-refractivity contribution in [1.82, 2.24) is 0 Å². The molecule has 2 rings (SSSR count). The second-order valence-corrected chi connectivity index (χ2v) is 6.23. The maximum Gasteiger partial charge on any atom is 0.217 e. The number of amides is 1. The first-order chi connectivity index (χ1) is 9.02. The zero-order valence-electron chi connectivity index (χ0n) is 11.4. The van der Waals surface area contributed by atoms with Crippen LogP contribution in [0, 0.1) is 11.8 Å². The van der Waals surface area contributed by atoms with Gasteiger partial charge >= 0.3 is 0 Å². The summed E-state index contributed by atoms with van der Waals surface area (Å²) in [6.45, 7) is 2.21. The summed E-state index contributed by atoms with van der Waals surface area (Å²) in [6, 6.07) is 6.11. The molecule has 1 aromatic rings. The Hall–Kier alpha value is -1.03. The van der Waals surface area contributed by atoms with E-state index < -0.39 is 0 Å². The molecule has 3 nitrogen and oxygen atoms in total. The van der Waals surface area contributed by atoms with Crippen molar-refractivity contribution in [2.45, 2.75) is 32.1 Å². The van der Waals surface area contributed by atoms with Gasteiger partial charge in [-0.3, -0.25) is 4.79 Å². The SMILES string of the molecule is COc1ccc(Br)c(C2CC2C(C)CCC(N)=O)c1. The standard InChI is InChI=1S/C15H20BrNO2/c1-9(3-6-15(17)18)11-8-12(11)13-7-10(19-2)4-5-14(13)16/h4-5,7,9,11-12H,3,6,8H2,1-2H3,(H2,17,18). The van der Waals surface area contributed by atoms with E-state index in [0.717, 1.165) is 16.6 Å². The Labute approximate surface area is 122 Å². The van der Waals surface area contributed by atoms with Gasteiger partial charge in [0.05, 0.1) is 7.11 Å². The monoisotopic (exact) mass is 325 g/mol. The van der Waals surface area contributed by atoms with Gasteiger partial charge in [-0.2, -0.15) is 0 Å². The van der Waals surface area contributed by atoms with Crippen LogP contribution in [-0.4, -0.2) is 13.0 Å². The van der Waals surface area contributed by atoms with Crippen molar-refractivity contribution in [1.29, 1.82) is 0 Å². The maximum atomic E-state index is 10.8. The maximum absolute atomic E-state index is 10.8. The molecule has 0 heterocycles. The van der Waals surface area contributed by atoms with Crippen LogP contribution in [0.15, 0.2) is 22.7 Å². The van der Waals surface area contributed by atoms with Gasteiger partial charge in [0.25, 0.3) is 0 Å². The van der Waals surface area contributed by atoms with Crippen molar-refractivity contribution in [3.63, 3.8) is 0 Å². The third kappa shape index (κ3) is 3.50. The molecule has 3 unspecified atom stereocenters. The van der Waals surface area contributed by atoms with Crippen molar-refractivity contribution < 1.29 is 9.53 Å². The lowest BCUT2D eigenvalue weighted by atomic mass is 9.96. The highest BCUT2D eigenvalue weighted by molar-refractivity contribution is 9.10. The Bertz CT molecular complexity index is 475. The van der Waals surface area contributed by atoms with Gasteiger partial charge in [-0.15, -0.1) is 0 Å². The van der Waals surface area contributed by atoms with E-state index in [2.05, 4.69) is 28.9 Å². The Morgan fingerprint density at radius 3 is 2.95 bits per heavy atom. The van der Waals surface area contributed by atoms with Crippen molar-refractivity contribution >= 4 is 21.8 Å². The van der Waals surface area contributed by atoms with E-state index in [1.165, 1.54) is 12.0 Å². The summed E-state index contributed by atoms with van der Waals surface area (Å²) in [5.41, 5.74) is 6.52. The van der Waals surface area contributed by atoms with Crippen LogP contribution in [0.1, 0.15) is 37.7 Å². The minimum absolute atomic E-state index is 0.202. The van der Waals surface area contributed by atoms with E-state index in [9.17, 15) is 4.79 Å². The lowest BCUT2D eigenvalue weighted by Gasteiger charge is -2.11. The van der Waals surface area contributed by atoms with Crippen LogP contribution in [0.4, 0.5) is 0 Å². The van der Waals surface area contributed by atoms with E-state index in [4.69, 9.17) is 10.5 Å². The largest absolute Gasteiger partial charge is 0.497 e. The minimum Gasteiger partial charge on any atom is -0.497 e. The van der Waals surface area contributed by atoms with Crippen molar-refractivity contribution in [3.8, 4) is 5.75 Å². The van der Waals surface area contributed by atoms with Crippen LogP contribution < -0.4 is 10.5 Å². The van der Waals surface area contributed by atoms with Crippen LogP contribution in [0.2, 0.25) is 0 Å². The molecule has 0 bridgehead atoms. The summed E-state index contributed by atoms with van der Waals surface area (Å²) in [7, 11) is 1.69. The number of halogens is 1. The van der Waals surface area contributed by atoms with Gasteiger partial charge in [0.2, 0.25) is 5.91 Å². The van der Waals surface area contributed by atoms with Crippen LogP contribution in [0.3, 0.4) is 0 Å². The number of rotatable bonds is 6. The number of ether oxygens (including phenoxy) is 1. The molecule has 1 aromatic carbocycles. The molecule has 0 spiro atoms. The fourth-order valence-electron chi connectivity index (χ4n) is 2.72. The Balaban J connectivity index is 2.00. The molecule has 0 aromatic heterocycles. The summed E-state index contributed by atoms with van der Waals surface area (Å²) in [5, 5.41) is 0. The molecule has 1 amide bonds. The van der Waals surface area contributed by atoms with Gasteiger partial charge in [0, 0.05) is 10.9 Å². The molecule has 104 valence electrons. The average molecular weight is 326 g/mol. The van der Waals surface area contributed by atoms with Gasteiger partial charge in [-0.05, 0) is 54.4 Å². The molecule has 0 aliphatic heterocycles. The van der Waals surface area contributed by atoms with Crippen molar-refractivity contribution in [2.24, 2.45) is 17.6 Å². The molecular formula is C15H20BrNO2. The number of carbonyl (C=O) groups excluding carboxylic acids is 1. The zero-order valence-corrected chi connectivity index (χ0v) is 12.9. The smallest absolute Gasteiger partial charge is 0.217 e. The highest BCUT2D eigenvalue weighted by Crippen LogP contribution is 2.54. The highest BCUT2D eigenvalue weighted by atomic mass is 79.9. The summed E-state index contributed by atoms with van der Waals surface area (Å²) in [6.07, 6.45) is 2.56. The van der Waals surface area contributed by atoms with Gasteiger partial charge < -0.3 is 10.5 Å². The van der Waals surface area contributed by atoms with Crippen LogP contribution in [0.5, 0.6) is 5.75 Å². The number of nitrogens with two attached hydrogens (primary N) is 1. The molecule has 0 saturated heterocycles. The number of hydrogen-bond acceptors (Lipinski definition) is 2. The Morgan fingerprint density at radius 2 is 2.32 bits per heavy atom. The molecule has 3 atom stereocenters. The molecule has 1 saturated carbocycles. The zero-order chi connectivity index (χ0) is 14.0. The van der Waals surface area contributed by atoms with Crippen molar-refractivity contribution in [2.75, 3.05) is 7.11 Å². The van der Waals surface area contributed by atoms with E-state index in [-0.39, 0.29) is 5.91 Å². The Morgan fingerprint density at radius 1 is 1.58 bits per heavy atom. The van der Waals surface area contributed by atoms with Crippen LogP contribution in [-0.2, 0) is 4.79 Å². The number of carbonyl (C=O) groups is 1. The van der Waals surface area contributed by atoms with Crippen LogP contribution in [0.25, 0.3) is 0 Å². The molecule has 2 N–H and O–H groups in total. The molecule has 1 aliphatic carbocycles. The van der Waals surface area contributed by atoms with Gasteiger partial charge in [0.15, 0.2) is 0 Å². The van der Waals surface area contributed by atoms with Gasteiger partial charge in [0.1, 0.15) is 5.75 Å². The summed E-state index contributed by atoms with van der Waals surface area (Å²) in [5.74, 6) is 2.46. The summed E-state index contributed by atoms with van der Waals surface area (Å²) < 4.78 is 6.42. The van der Waals surface area contributed by atoms with E-state index in [1.54, 1.807) is 7.11 Å². The predicted molar refractivity (Wildman–Crippen MR) is 79.1 cm³/mol. The van der Waals surface area contributed by atoms with Gasteiger partial charge in [-0.1, -0.05) is 22.9 Å². The van der Waals surface area contributed by atoms with E-state index in [0.29, 0.717) is 24.2 Å². The molecule has 1 fully saturated rings. The minimum atomic E-state index is -0.202. The van der Waals surface area contributed by atoms with E-state index >= 15 is 0 Å². The molecular weight excluding hydrogens is 306 g/mol. The van der Waals surface area contributed by atoms with Crippen molar-refractivity contribution in [3.05, 3.63) is 28.2 Å². The molecule has 1 aliphatic rings. The third-order valence-corrected chi connectivity index (χ3v) is 4.74. The fourth-order valence-corrected chi connectivity index (χ4v) is 3.26. The topological polar surface area (TPSA) is 52.3 Å². The normalized spacial score (nSPS) is 22.9. The first-order valence-electron chi connectivity index (χ1n) is 6.64. The van der Waals surface area contributed by atoms with Crippen LogP contribution >= 0.6 is 15.9 Å². The van der Waals surface area contributed by atoms with Gasteiger partial charge in [-0.25, -0.2) is 0 Å². The molecule has 0 radical (unpaired) electrons. The summed E-state index contributed by atoms with van der Waals surface area (Å²) >= 11 is 3.61. The summed E-state index contributed by atoms with van der Waals surface area (Å²) in [4.78, 5) is 10.8. The number of benzene rings is 1. The predicted octanol–water partition coefficient (Wildman–Crippen LogP) is 3.46. The highest BCUT2D eigenvalue weighted by Gasteiger charge is 2.42. The number of primary amides is 1.